The molecule has 1 rings (SSSR count). The Morgan fingerprint density at radius 1 is 1.10 bits per heavy atom. The van der Waals surface area contributed by atoms with E-state index < -0.39 is 30.6 Å². The largest absolute Gasteiger partial charge is 0.388 e. The summed E-state index contributed by atoms with van der Waals surface area (Å²) in [5, 5.41) is 20.1. The molecule has 0 aromatic rings. The molecule has 1 aliphatic heterocycles. The molecule has 120 valence electrons. The number of ether oxygens (including phenoxy) is 3. The van der Waals surface area contributed by atoms with E-state index in [2.05, 4.69) is 13.8 Å². The first-order valence-corrected chi connectivity index (χ1v) is 7.58. The molecule has 0 aromatic heterocycles. The third kappa shape index (κ3) is 5.27. The lowest BCUT2D eigenvalue weighted by atomic mass is 9.97. The van der Waals surface area contributed by atoms with Gasteiger partial charge in [-0.1, -0.05) is 26.7 Å². The molecule has 4 N–H and O–H groups in total. The standard InChI is InChI=1S/C14H29NO5/c1-3-5-7-18-9-10-12(16)13(19-8-6-4-2)11(15)14(17)20-10/h10-14,16-17H,3-9,15H2,1-2H3/t10-,11+,12-,13-,14+/m1/s1. The summed E-state index contributed by atoms with van der Waals surface area (Å²) in [5.74, 6) is 0. The Labute approximate surface area is 121 Å². The van der Waals surface area contributed by atoms with Crippen LogP contribution < -0.4 is 5.73 Å². The van der Waals surface area contributed by atoms with E-state index in [1.807, 2.05) is 0 Å². The van der Waals surface area contributed by atoms with E-state index in [0.717, 1.165) is 25.7 Å². The number of unbranched alkanes of at least 4 members (excludes halogenated alkanes) is 2. The Morgan fingerprint density at radius 2 is 1.75 bits per heavy atom. The van der Waals surface area contributed by atoms with Gasteiger partial charge < -0.3 is 30.2 Å². The van der Waals surface area contributed by atoms with Crippen LogP contribution in [0.5, 0.6) is 0 Å². The molecule has 6 heteroatoms. The first-order chi connectivity index (χ1) is 9.61. The lowest BCUT2D eigenvalue weighted by Crippen LogP contribution is -2.62. The summed E-state index contributed by atoms with van der Waals surface area (Å²) in [4.78, 5) is 0. The molecular weight excluding hydrogens is 262 g/mol. The highest BCUT2D eigenvalue weighted by molar-refractivity contribution is 4.92. The molecule has 0 unspecified atom stereocenters. The van der Waals surface area contributed by atoms with Crippen LogP contribution in [-0.4, -0.2) is 60.7 Å². The van der Waals surface area contributed by atoms with Gasteiger partial charge in [-0.2, -0.15) is 0 Å². The van der Waals surface area contributed by atoms with Gasteiger partial charge in [0, 0.05) is 13.2 Å². The maximum atomic E-state index is 10.3. The summed E-state index contributed by atoms with van der Waals surface area (Å²) in [7, 11) is 0. The van der Waals surface area contributed by atoms with Crippen LogP contribution in [0.2, 0.25) is 0 Å². The molecule has 1 heterocycles. The molecule has 20 heavy (non-hydrogen) atoms. The van der Waals surface area contributed by atoms with Crippen molar-refractivity contribution in [3.05, 3.63) is 0 Å². The lowest BCUT2D eigenvalue weighted by Gasteiger charge is -2.41. The Kier molecular flexibility index (Phi) is 8.60. The zero-order valence-electron chi connectivity index (χ0n) is 12.5. The second-order valence-corrected chi connectivity index (χ2v) is 5.25. The number of nitrogens with two attached hydrogens (primary N) is 1. The van der Waals surface area contributed by atoms with Gasteiger partial charge in [0.05, 0.1) is 12.6 Å². The molecule has 0 aliphatic carbocycles. The van der Waals surface area contributed by atoms with Crippen LogP contribution in [0.15, 0.2) is 0 Å². The normalized spacial score (nSPS) is 34.4. The highest BCUT2D eigenvalue weighted by Gasteiger charge is 2.43. The zero-order valence-corrected chi connectivity index (χ0v) is 12.5. The Hall–Kier alpha value is -0.240. The van der Waals surface area contributed by atoms with Crippen molar-refractivity contribution in [2.75, 3.05) is 19.8 Å². The molecule has 1 aliphatic rings. The molecule has 0 amide bonds. The number of hydrogen-bond donors (Lipinski definition) is 3. The highest BCUT2D eigenvalue weighted by atomic mass is 16.6. The fraction of sp³-hybridized carbons (Fsp3) is 1.00. The van der Waals surface area contributed by atoms with Gasteiger partial charge in [-0.05, 0) is 12.8 Å². The molecule has 6 nitrogen and oxygen atoms in total. The van der Waals surface area contributed by atoms with Gasteiger partial charge in [-0.3, -0.25) is 0 Å². The predicted octanol–water partition coefficient (Wildman–Crippen LogP) is 0.394. The van der Waals surface area contributed by atoms with Crippen molar-refractivity contribution in [1.82, 2.24) is 0 Å². The summed E-state index contributed by atoms with van der Waals surface area (Å²) >= 11 is 0. The van der Waals surface area contributed by atoms with Crippen LogP contribution in [0.4, 0.5) is 0 Å². The van der Waals surface area contributed by atoms with Crippen molar-refractivity contribution >= 4 is 0 Å². The summed E-state index contributed by atoms with van der Waals surface area (Å²) in [5.41, 5.74) is 5.83. The van der Waals surface area contributed by atoms with Crippen molar-refractivity contribution in [1.29, 1.82) is 0 Å². The van der Waals surface area contributed by atoms with Gasteiger partial charge in [-0.15, -0.1) is 0 Å². The van der Waals surface area contributed by atoms with E-state index in [1.54, 1.807) is 0 Å². The Bertz CT molecular complexity index is 254. The number of aliphatic hydroxyl groups is 2. The minimum absolute atomic E-state index is 0.235. The predicted molar refractivity (Wildman–Crippen MR) is 75.2 cm³/mol. The van der Waals surface area contributed by atoms with Crippen LogP contribution >= 0.6 is 0 Å². The van der Waals surface area contributed by atoms with Crippen LogP contribution in [0.3, 0.4) is 0 Å². The van der Waals surface area contributed by atoms with Crippen LogP contribution in [0.25, 0.3) is 0 Å². The summed E-state index contributed by atoms with van der Waals surface area (Å²) in [6.45, 7) is 5.51. The smallest absolute Gasteiger partial charge is 0.173 e. The second kappa shape index (κ2) is 9.65. The van der Waals surface area contributed by atoms with E-state index in [9.17, 15) is 10.2 Å². The zero-order chi connectivity index (χ0) is 15.0. The van der Waals surface area contributed by atoms with Gasteiger partial charge in [-0.25, -0.2) is 0 Å². The molecule has 0 spiro atoms. The average molecular weight is 291 g/mol. The molecule has 1 saturated heterocycles. The van der Waals surface area contributed by atoms with Crippen molar-refractivity contribution in [3.63, 3.8) is 0 Å². The van der Waals surface area contributed by atoms with Crippen molar-refractivity contribution in [3.8, 4) is 0 Å². The van der Waals surface area contributed by atoms with Gasteiger partial charge >= 0.3 is 0 Å². The third-order valence-corrected chi connectivity index (χ3v) is 3.47. The van der Waals surface area contributed by atoms with Crippen LogP contribution in [0, 0.1) is 0 Å². The van der Waals surface area contributed by atoms with Crippen LogP contribution in [-0.2, 0) is 14.2 Å². The molecule has 0 radical (unpaired) electrons. The minimum Gasteiger partial charge on any atom is -0.388 e. The molecular formula is C14H29NO5. The first kappa shape index (κ1) is 17.8. The highest BCUT2D eigenvalue weighted by Crippen LogP contribution is 2.22. The maximum absolute atomic E-state index is 10.3. The summed E-state index contributed by atoms with van der Waals surface area (Å²) in [6.07, 6.45) is 0.659. The fourth-order valence-electron chi connectivity index (χ4n) is 2.11. The third-order valence-electron chi connectivity index (χ3n) is 3.47. The van der Waals surface area contributed by atoms with E-state index >= 15 is 0 Å². The van der Waals surface area contributed by atoms with Crippen molar-refractivity contribution in [2.45, 2.75) is 70.2 Å². The monoisotopic (exact) mass is 291 g/mol. The summed E-state index contributed by atoms with van der Waals surface area (Å²) in [6, 6.07) is -0.742. The molecule has 0 aromatic carbocycles. The van der Waals surface area contributed by atoms with E-state index in [0.29, 0.717) is 13.2 Å². The molecule has 5 atom stereocenters. The maximum Gasteiger partial charge on any atom is 0.173 e. The second-order valence-electron chi connectivity index (χ2n) is 5.25. The van der Waals surface area contributed by atoms with Crippen molar-refractivity contribution < 1.29 is 24.4 Å². The average Bonchev–Trinajstić information content (AvgIpc) is 2.44. The number of aliphatic hydroxyl groups excluding tert-OH is 2. The van der Waals surface area contributed by atoms with E-state index in [4.69, 9.17) is 19.9 Å². The van der Waals surface area contributed by atoms with E-state index in [-0.39, 0.29) is 6.61 Å². The Morgan fingerprint density at radius 3 is 2.40 bits per heavy atom. The summed E-state index contributed by atoms with van der Waals surface area (Å²) < 4.78 is 16.4. The quantitative estimate of drug-likeness (QED) is 0.532. The molecule has 1 fully saturated rings. The molecule has 0 saturated carbocycles. The first-order valence-electron chi connectivity index (χ1n) is 7.58. The van der Waals surface area contributed by atoms with Gasteiger partial charge in [0.2, 0.25) is 0 Å². The molecule has 0 bridgehead atoms. The Balaban J connectivity index is 2.46. The van der Waals surface area contributed by atoms with E-state index in [1.165, 1.54) is 0 Å². The van der Waals surface area contributed by atoms with Crippen molar-refractivity contribution in [2.24, 2.45) is 5.73 Å². The van der Waals surface area contributed by atoms with Gasteiger partial charge in [0.15, 0.2) is 6.29 Å². The fourth-order valence-corrected chi connectivity index (χ4v) is 2.11. The topological polar surface area (TPSA) is 94.2 Å². The SMILES string of the molecule is CCCCOC[C@H]1O[C@H](O)[C@@H](N)[C@@H](OCCCC)[C@@H]1O. The van der Waals surface area contributed by atoms with Gasteiger partial charge in [0.1, 0.15) is 18.3 Å². The lowest BCUT2D eigenvalue weighted by molar-refractivity contribution is -0.260. The number of rotatable bonds is 9. The van der Waals surface area contributed by atoms with Crippen LogP contribution in [0.1, 0.15) is 39.5 Å². The number of hydrogen-bond acceptors (Lipinski definition) is 6. The van der Waals surface area contributed by atoms with Gasteiger partial charge in [0.25, 0.3) is 0 Å². The minimum atomic E-state index is -1.13.